The molecule has 1 fully saturated rings. The van der Waals surface area contributed by atoms with Crippen LogP contribution in [0.15, 0.2) is 12.1 Å². The number of fused-ring (bicyclic) bond motifs is 1. The highest BCUT2D eigenvalue weighted by atomic mass is 35.5. The van der Waals surface area contributed by atoms with Crippen molar-refractivity contribution in [3.05, 3.63) is 22.7 Å². The van der Waals surface area contributed by atoms with Gasteiger partial charge in [-0.05, 0) is 18.6 Å². The molecule has 1 atom stereocenters. The highest BCUT2D eigenvalue weighted by Gasteiger charge is 2.30. The summed E-state index contributed by atoms with van der Waals surface area (Å²) >= 11 is 6.33. The standard InChI is InChI=1S/C14H17ClN4O2/c1-18-3-2-4-19(7-12(18)20)11-6-10-8(5-9(11)15)13(16)14(21)17-10/h5-6,13H,2-4,7,16H2,1H3,(H,17,21). The molecular weight excluding hydrogens is 292 g/mol. The number of nitrogens with zero attached hydrogens (tertiary/aromatic N) is 2. The molecule has 1 saturated heterocycles. The highest BCUT2D eigenvalue weighted by molar-refractivity contribution is 6.33. The third-order valence-corrected chi connectivity index (χ3v) is 4.31. The predicted octanol–water partition coefficient (Wildman–Crippen LogP) is 0.960. The largest absolute Gasteiger partial charge is 0.361 e. The Morgan fingerprint density at radius 1 is 1.33 bits per heavy atom. The maximum absolute atomic E-state index is 12.0. The molecule has 0 saturated carbocycles. The number of halogens is 1. The summed E-state index contributed by atoms with van der Waals surface area (Å²) in [5.74, 6) is -0.172. The van der Waals surface area contributed by atoms with E-state index in [4.69, 9.17) is 17.3 Å². The van der Waals surface area contributed by atoms with E-state index in [1.807, 2.05) is 4.90 Å². The van der Waals surface area contributed by atoms with Crippen LogP contribution in [0.2, 0.25) is 5.02 Å². The molecule has 1 unspecified atom stereocenters. The van der Waals surface area contributed by atoms with Gasteiger partial charge >= 0.3 is 0 Å². The fourth-order valence-corrected chi connectivity index (χ4v) is 3.02. The van der Waals surface area contributed by atoms with Gasteiger partial charge in [0.1, 0.15) is 6.04 Å². The minimum absolute atomic E-state index is 0.0600. The predicted molar refractivity (Wildman–Crippen MR) is 81.5 cm³/mol. The Labute approximate surface area is 127 Å². The van der Waals surface area contributed by atoms with Crippen LogP contribution in [0.1, 0.15) is 18.0 Å². The molecule has 2 aliphatic rings. The quantitative estimate of drug-likeness (QED) is 0.810. The lowest BCUT2D eigenvalue weighted by molar-refractivity contribution is -0.127. The van der Waals surface area contributed by atoms with Gasteiger partial charge in [-0.15, -0.1) is 0 Å². The molecule has 0 bridgehead atoms. The molecule has 2 amide bonds. The minimum atomic E-state index is -0.677. The van der Waals surface area contributed by atoms with E-state index < -0.39 is 6.04 Å². The van der Waals surface area contributed by atoms with E-state index in [0.717, 1.165) is 25.2 Å². The van der Waals surface area contributed by atoms with Crippen molar-refractivity contribution in [2.24, 2.45) is 5.73 Å². The Hall–Kier alpha value is -1.79. The SMILES string of the molecule is CN1CCCN(c2cc3c(cc2Cl)C(N)C(=O)N3)CC1=O. The molecule has 7 heteroatoms. The molecule has 112 valence electrons. The first kappa shape index (κ1) is 14.2. The Bertz CT molecular complexity index is 619. The normalized spacial score (nSPS) is 22.1. The smallest absolute Gasteiger partial charge is 0.245 e. The number of likely N-dealkylation sites (N-methyl/N-ethyl adjacent to an activating group) is 1. The van der Waals surface area contributed by atoms with E-state index in [2.05, 4.69) is 5.32 Å². The minimum Gasteiger partial charge on any atom is -0.361 e. The number of carbonyl (C=O) groups is 2. The van der Waals surface area contributed by atoms with Gasteiger partial charge in [-0.25, -0.2) is 0 Å². The van der Waals surface area contributed by atoms with Gasteiger partial charge in [0.25, 0.3) is 0 Å². The monoisotopic (exact) mass is 308 g/mol. The fourth-order valence-electron chi connectivity index (χ4n) is 2.73. The summed E-state index contributed by atoms with van der Waals surface area (Å²) in [4.78, 5) is 27.3. The van der Waals surface area contributed by atoms with Crippen LogP contribution in [-0.2, 0) is 9.59 Å². The van der Waals surface area contributed by atoms with Gasteiger partial charge in [0.15, 0.2) is 0 Å². The Balaban J connectivity index is 1.95. The van der Waals surface area contributed by atoms with Crippen molar-refractivity contribution in [3.63, 3.8) is 0 Å². The fraction of sp³-hybridized carbons (Fsp3) is 0.429. The van der Waals surface area contributed by atoms with Crippen LogP contribution in [0.4, 0.5) is 11.4 Å². The lowest BCUT2D eigenvalue weighted by Gasteiger charge is -2.24. The molecule has 0 aromatic heterocycles. The Kier molecular flexibility index (Phi) is 3.51. The number of hydrogen-bond acceptors (Lipinski definition) is 4. The number of nitrogens with one attached hydrogen (secondary N) is 1. The summed E-state index contributed by atoms with van der Waals surface area (Å²) in [7, 11) is 1.80. The Morgan fingerprint density at radius 3 is 2.86 bits per heavy atom. The van der Waals surface area contributed by atoms with Gasteiger partial charge in [-0.2, -0.15) is 0 Å². The number of amides is 2. The number of rotatable bonds is 1. The second-order valence-electron chi connectivity index (χ2n) is 5.45. The van der Waals surface area contributed by atoms with E-state index in [1.54, 1.807) is 24.1 Å². The van der Waals surface area contributed by atoms with Gasteiger partial charge in [0.05, 0.1) is 17.3 Å². The van der Waals surface area contributed by atoms with E-state index in [9.17, 15) is 9.59 Å². The molecule has 0 aliphatic carbocycles. The molecule has 0 radical (unpaired) electrons. The first-order valence-electron chi connectivity index (χ1n) is 6.86. The summed E-state index contributed by atoms with van der Waals surface area (Å²) in [5, 5.41) is 3.26. The average molecular weight is 309 g/mol. The summed E-state index contributed by atoms with van der Waals surface area (Å²) in [6.07, 6.45) is 0.877. The van der Waals surface area contributed by atoms with Crippen LogP contribution < -0.4 is 16.0 Å². The van der Waals surface area contributed by atoms with Gasteiger partial charge in [-0.1, -0.05) is 11.6 Å². The van der Waals surface area contributed by atoms with Gasteiger partial charge < -0.3 is 20.9 Å². The molecule has 2 aliphatic heterocycles. The molecule has 2 heterocycles. The van der Waals surface area contributed by atoms with Gasteiger partial charge in [0.2, 0.25) is 11.8 Å². The molecule has 1 aromatic rings. The van der Waals surface area contributed by atoms with Crippen LogP contribution in [0.3, 0.4) is 0 Å². The number of carbonyl (C=O) groups excluding carboxylic acids is 2. The molecule has 6 nitrogen and oxygen atoms in total. The van der Waals surface area contributed by atoms with Crippen molar-refractivity contribution < 1.29 is 9.59 Å². The van der Waals surface area contributed by atoms with E-state index >= 15 is 0 Å². The highest BCUT2D eigenvalue weighted by Crippen LogP contribution is 2.38. The van der Waals surface area contributed by atoms with E-state index in [-0.39, 0.29) is 18.4 Å². The summed E-state index contributed by atoms with van der Waals surface area (Å²) in [5.41, 5.74) is 7.94. The molecule has 0 spiro atoms. The van der Waals surface area contributed by atoms with Crippen LogP contribution in [0, 0.1) is 0 Å². The van der Waals surface area contributed by atoms with Crippen molar-refractivity contribution in [1.82, 2.24) is 4.90 Å². The number of anilines is 2. The van der Waals surface area contributed by atoms with E-state index in [1.165, 1.54) is 0 Å². The zero-order valence-electron chi connectivity index (χ0n) is 11.7. The average Bonchev–Trinajstić information content (AvgIpc) is 2.61. The Morgan fingerprint density at radius 2 is 2.10 bits per heavy atom. The van der Waals surface area contributed by atoms with Crippen molar-refractivity contribution >= 4 is 34.8 Å². The van der Waals surface area contributed by atoms with Crippen LogP contribution >= 0.6 is 11.6 Å². The van der Waals surface area contributed by atoms with Gasteiger partial charge in [0, 0.05) is 31.4 Å². The second-order valence-corrected chi connectivity index (χ2v) is 5.86. The van der Waals surface area contributed by atoms with Crippen LogP contribution in [-0.4, -0.2) is 43.4 Å². The van der Waals surface area contributed by atoms with Crippen LogP contribution in [0.25, 0.3) is 0 Å². The zero-order chi connectivity index (χ0) is 15.1. The first-order chi connectivity index (χ1) is 9.97. The third-order valence-electron chi connectivity index (χ3n) is 4.01. The van der Waals surface area contributed by atoms with Gasteiger partial charge in [-0.3, -0.25) is 9.59 Å². The van der Waals surface area contributed by atoms with Crippen molar-refractivity contribution in [1.29, 1.82) is 0 Å². The topological polar surface area (TPSA) is 78.7 Å². The maximum Gasteiger partial charge on any atom is 0.245 e. The van der Waals surface area contributed by atoms with Crippen molar-refractivity contribution in [2.75, 3.05) is 36.9 Å². The zero-order valence-corrected chi connectivity index (χ0v) is 12.5. The molecular formula is C14H17ClN4O2. The van der Waals surface area contributed by atoms with Crippen LogP contribution in [0.5, 0.6) is 0 Å². The molecule has 3 rings (SSSR count). The molecule has 3 N–H and O–H groups in total. The van der Waals surface area contributed by atoms with Crippen molar-refractivity contribution in [3.8, 4) is 0 Å². The first-order valence-corrected chi connectivity index (χ1v) is 7.24. The molecule has 21 heavy (non-hydrogen) atoms. The summed E-state index contributed by atoms with van der Waals surface area (Å²) < 4.78 is 0. The number of benzene rings is 1. The lowest BCUT2D eigenvalue weighted by Crippen LogP contribution is -2.34. The summed E-state index contributed by atoms with van der Waals surface area (Å²) in [6, 6.07) is 2.85. The lowest BCUT2D eigenvalue weighted by atomic mass is 10.1. The van der Waals surface area contributed by atoms with Crippen molar-refractivity contribution in [2.45, 2.75) is 12.5 Å². The second kappa shape index (κ2) is 5.20. The number of nitrogens with two attached hydrogens (primary N) is 1. The summed E-state index contributed by atoms with van der Waals surface area (Å²) in [6.45, 7) is 1.77. The number of hydrogen-bond donors (Lipinski definition) is 2. The molecule has 1 aromatic carbocycles. The van der Waals surface area contributed by atoms with E-state index in [0.29, 0.717) is 16.3 Å². The third kappa shape index (κ3) is 2.45. The maximum atomic E-state index is 12.0.